The first-order valence-electron chi connectivity index (χ1n) is 5.57. The summed E-state index contributed by atoms with van der Waals surface area (Å²) in [6.45, 7) is 10.3. The van der Waals surface area contributed by atoms with Gasteiger partial charge in [0.2, 0.25) is 0 Å². The van der Waals surface area contributed by atoms with Crippen LogP contribution in [0.4, 0.5) is 0 Å². The molecule has 0 aromatic heterocycles. The van der Waals surface area contributed by atoms with E-state index in [-0.39, 0.29) is 31.0 Å². The predicted octanol–water partition coefficient (Wildman–Crippen LogP) is 0.264. The minimum Gasteiger partial charge on any atom is -0.478 e. The van der Waals surface area contributed by atoms with Gasteiger partial charge in [-0.3, -0.25) is 0 Å². The fourth-order valence-electron chi connectivity index (χ4n) is 0.150. The van der Waals surface area contributed by atoms with Crippen molar-refractivity contribution in [1.29, 1.82) is 0 Å². The Morgan fingerprint density at radius 3 is 1.00 bits per heavy atom. The Morgan fingerprint density at radius 1 is 0.850 bits per heavy atom. The molecule has 5 N–H and O–H groups in total. The quantitative estimate of drug-likeness (QED) is 0.459. The molecule has 0 aliphatic heterocycles. The highest BCUT2D eigenvalue weighted by Crippen LogP contribution is 2.10. The molecule has 20 heavy (non-hydrogen) atoms. The fourth-order valence-corrected chi connectivity index (χ4v) is 0.150. The molecule has 118 valence electrons. The zero-order valence-corrected chi connectivity index (χ0v) is 12.1. The normalized spacial score (nSPS) is 9.30. The molecule has 0 bridgehead atoms. The molecule has 0 amide bonds. The van der Waals surface area contributed by atoms with E-state index in [0.717, 1.165) is 0 Å². The van der Waals surface area contributed by atoms with Crippen molar-refractivity contribution in [3.8, 4) is 0 Å². The van der Waals surface area contributed by atoms with Gasteiger partial charge < -0.3 is 25.5 Å². The van der Waals surface area contributed by atoms with Crippen molar-refractivity contribution in [2.24, 2.45) is 5.41 Å². The van der Waals surface area contributed by atoms with E-state index in [0.29, 0.717) is 0 Å². The largest absolute Gasteiger partial charge is 0.478 e. The molecule has 0 aromatic carbocycles. The van der Waals surface area contributed by atoms with Crippen LogP contribution in [0.15, 0.2) is 24.3 Å². The van der Waals surface area contributed by atoms with Crippen LogP contribution >= 0.6 is 0 Å². The van der Waals surface area contributed by atoms with Crippen molar-refractivity contribution in [3.63, 3.8) is 0 Å². The molecule has 0 aromatic rings. The second-order valence-electron chi connectivity index (χ2n) is 4.46. The molecule has 0 spiro atoms. The fraction of sp³-hybridized carbons (Fsp3) is 0.538. The van der Waals surface area contributed by atoms with Gasteiger partial charge >= 0.3 is 11.9 Å². The van der Waals surface area contributed by atoms with Crippen molar-refractivity contribution in [1.82, 2.24) is 0 Å². The lowest BCUT2D eigenvalue weighted by Crippen LogP contribution is -2.29. The summed E-state index contributed by atoms with van der Waals surface area (Å²) < 4.78 is 0. The maximum atomic E-state index is 9.60. The van der Waals surface area contributed by atoms with Gasteiger partial charge in [-0.15, -0.1) is 0 Å². The maximum Gasteiger partial charge on any atom is 0.330 e. The summed E-state index contributed by atoms with van der Waals surface area (Å²) in [5.41, 5.74) is -0.356. The lowest BCUT2D eigenvalue weighted by molar-refractivity contribution is -0.133. The highest BCUT2D eigenvalue weighted by Gasteiger charge is 2.20. The van der Waals surface area contributed by atoms with E-state index in [1.54, 1.807) is 6.92 Å². The summed E-state index contributed by atoms with van der Waals surface area (Å²) in [5, 5.41) is 41.2. The van der Waals surface area contributed by atoms with Crippen LogP contribution in [-0.4, -0.2) is 57.3 Å². The molecule has 0 unspecified atom stereocenters. The maximum absolute atomic E-state index is 9.60. The van der Waals surface area contributed by atoms with Gasteiger partial charge in [0.05, 0.1) is 19.8 Å². The van der Waals surface area contributed by atoms with Gasteiger partial charge in [-0.2, -0.15) is 0 Å². The van der Waals surface area contributed by atoms with Gasteiger partial charge in [0, 0.05) is 16.6 Å². The third-order valence-electron chi connectivity index (χ3n) is 1.88. The van der Waals surface area contributed by atoms with Crippen LogP contribution in [0, 0.1) is 5.41 Å². The van der Waals surface area contributed by atoms with Gasteiger partial charge in [0.15, 0.2) is 0 Å². The van der Waals surface area contributed by atoms with E-state index in [2.05, 4.69) is 13.2 Å². The van der Waals surface area contributed by atoms with Crippen molar-refractivity contribution < 1.29 is 35.1 Å². The summed E-state index contributed by atoms with van der Waals surface area (Å²) in [6, 6.07) is 0. The number of hydrogen-bond donors (Lipinski definition) is 5. The molecular weight excluding hydrogens is 268 g/mol. The lowest BCUT2D eigenvalue weighted by Gasteiger charge is -2.20. The Balaban J connectivity index is -0.000000221. The molecule has 0 aliphatic carbocycles. The zero-order valence-electron chi connectivity index (χ0n) is 12.1. The Hall–Kier alpha value is -1.70. The SMILES string of the molecule is C=C(C)C(=O)O.C=C(C)C(=O)O.CC(CO)(CO)CO. The van der Waals surface area contributed by atoms with Crippen molar-refractivity contribution in [2.45, 2.75) is 20.8 Å². The Labute approximate surface area is 118 Å². The van der Waals surface area contributed by atoms with Crippen LogP contribution in [-0.2, 0) is 9.59 Å². The molecule has 0 saturated carbocycles. The van der Waals surface area contributed by atoms with Crippen molar-refractivity contribution in [2.75, 3.05) is 19.8 Å². The molecule has 0 heterocycles. The van der Waals surface area contributed by atoms with Gasteiger partial charge in [0.1, 0.15) is 0 Å². The molecule has 0 fully saturated rings. The summed E-state index contributed by atoms with van der Waals surface area (Å²) in [6.07, 6.45) is 0. The van der Waals surface area contributed by atoms with Crippen LogP contribution < -0.4 is 0 Å². The molecule has 0 radical (unpaired) electrons. The second kappa shape index (κ2) is 12.3. The average Bonchev–Trinajstić information content (AvgIpc) is 2.39. The Morgan fingerprint density at radius 2 is 1.00 bits per heavy atom. The number of rotatable bonds is 5. The summed E-state index contributed by atoms with van der Waals surface area (Å²) >= 11 is 0. The highest BCUT2D eigenvalue weighted by atomic mass is 16.4. The summed E-state index contributed by atoms with van der Waals surface area (Å²) in [5.74, 6) is -1.87. The zero-order chi connectivity index (χ0) is 16.9. The van der Waals surface area contributed by atoms with Crippen molar-refractivity contribution in [3.05, 3.63) is 24.3 Å². The van der Waals surface area contributed by atoms with Crippen LogP contribution in [0.2, 0.25) is 0 Å². The highest BCUT2D eigenvalue weighted by molar-refractivity contribution is 5.85. The molecule has 7 heteroatoms. The minimum atomic E-state index is -0.935. The summed E-state index contributed by atoms with van der Waals surface area (Å²) in [4.78, 5) is 19.2. The average molecular weight is 292 g/mol. The Kier molecular flexibility index (Phi) is 14.4. The molecule has 0 atom stereocenters. The first kappa shape index (κ1) is 23.4. The third-order valence-corrected chi connectivity index (χ3v) is 1.88. The number of carboxylic acid groups (broad SMARTS) is 2. The van der Waals surface area contributed by atoms with E-state index in [4.69, 9.17) is 25.5 Å². The molecule has 0 saturated heterocycles. The van der Waals surface area contributed by atoms with Crippen molar-refractivity contribution >= 4 is 11.9 Å². The number of aliphatic hydroxyl groups excluding tert-OH is 3. The number of carboxylic acids is 2. The molecule has 7 nitrogen and oxygen atoms in total. The van der Waals surface area contributed by atoms with E-state index in [1.807, 2.05) is 0 Å². The second-order valence-corrected chi connectivity index (χ2v) is 4.46. The van der Waals surface area contributed by atoms with Crippen LogP contribution in [0.5, 0.6) is 0 Å². The van der Waals surface area contributed by atoms with Gasteiger partial charge in [-0.1, -0.05) is 20.1 Å². The van der Waals surface area contributed by atoms with E-state index >= 15 is 0 Å². The van der Waals surface area contributed by atoms with Crippen LogP contribution in [0.25, 0.3) is 0 Å². The Bertz CT molecular complexity index is 273. The topological polar surface area (TPSA) is 135 Å². The van der Waals surface area contributed by atoms with Crippen LogP contribution in [0.1, 0.15) is 20.8 Å². The first-order valence-corrected chi connectivity index (χ1v) is 5.57. The number of aliphatic carboxylic acids is 2. The van der Waals surface area contributed by atoms with Crippen LogP contribution in [0.3, 0.4) is 0 Å². The van der Waals surface area contributed by atoms with E-state index < -0.39 is 17.4 Å². The smallest absolute Gasteiger partial charge is 0.330 e. The predicted molar refractivity (Wildman–Crippen MR) is 74.3 cm³/mol. The monoisotopic (exact) mass is 292 g/mol. The number of carbonyl (C=O) groups is 2. The van der Waals surface area contributed by atoms with Gasteiger partial charge in [0.25, 0.3) is 0 Å². The number of hydrogen-bond acceptors (Lipinski definition) is 5. The van der Waals surface area contributed by atoms with Gasteiger partial charge in [-0.25, -0.2) is 9.59 Å². The molecular formula is C13H24O7. The van der Waals surface area contributed by atoms with Gasteiger partial charge in [-0.05, 0) is 13.8 Å². The third kappa shape index (κ3) is 16.3. The lowest BCUT2D eigenvalue weighted by atomic mass is 9.95. The summed E-state index contributed by atoms with van der Waals surface area (Å²) in [7, 11) is 0. The number of aliphatic hydroxyl groups is 3. The van der Waals surface area contributed by atoms with E-state index in [1.165, 1.54) is 13.8 Å². The molecule has 0 rings (SSSR count). The minimum absolute atomic E-state index is 0.176. The first-order chi connectivity index (χ1) is 8.97. The standard InChI is InChI=1S/C5H12O3.2C4H6O2/c1-5(2-6,3-7)4-8;2*1-3(2)4(5)6/h6-8H,2-4H2,1H3;2*1H2,2H3,(H,5,6). The van der Waals surface area contributed by atoms with E-state index in [9.17, 15) is 9.59 Å². The molecule has 0 aliphatic rings.